The van der Waals surface area contributed by atoms with Gasteiger partial charge in [0.2, 0.25) is 0 Å². The van der Waals surface area contributed by atoms with Gasteiger partial charge in [-0.3, -0.25) is 9.79 Å². The number of nitrogens with zero attached hydrogens (tertiary/aromatic N) is 2. The lowest BCUT2D eigenvalue weighted by Crippen LogP contribution is -2.29. The van der Waals surface area contributed by atoms with E-state index >= 15 is 0 Å². The zero-order chi connectivity index (χ0) is 20.7. The number of hydroxylamine groups is 1. The van der Waals surface area contributed by atoms with Gasteiger partial charge < -0.3 is 9.57 Å². The van der Waals surface area contributed by atoms with Crippen LogP contribution >= 0.6 is 46.4 Å². The second kappa shape index (κ2) is 10.5. The number of hydrogen-bond donors (Lipinski definition) is 1. The molecule has 148 valence electrons. The van der Waals surface area contributed by atoms with Crippen LogP contribution in [0, 0.1) is 0 Å². The minimum absolute atomic E-state index is 0.0183. The van der Waals surface area contributed by atoms with Crippen molar-refractivity contribution in [2.75, 3.05) is 13.2 Å². The third-order valence-electron chi connectivity index (χ3n) is 3.11. The predicted molar refractivity (Wildman–Crippen MR) is 107 cm³/mol. The van der Waals surface area contributed by atoms with E-state index in [1.54, 1.807) is 25.1 Å². The van der Waals surface area contributed by atoms with E-state index in [0.717, 1.165) is 0 Å². The summed E-state index contributed by atoms with van der Waals surface area (Å²) in [6, 6.07) is 7.30. The third kappa shape index (κ3) is 6.24. The number of amidine groups is 1. The molecular formula is C17H13Cl4N3O4. The van der Waals surface area contributed by atoms with Crippen molar-refractivity contribution < 1.29 is 19.2 Å². The van der Waals surface area contributed by atoms with Crippen LogP contribution in [0.25, 0.3) is 0 Å². The average molecular weight is 465 g/mol. The molecule has 0 unspecified atom stereocenters. The number of nitrogens with one attached hydrogen (secondary N) is 1. The van der Waals surface area contributed by atoms with Gasteiger partial charge >= 0.3 is 11.9 Å². The number of ether oxygens (including phenoxy) is 1. The van der Waals surface area contributed by atoms with Crippen molar-refractivity contribution in [3.63, 3.8) is 0 Å². The summed E-state index contributed by atoms with van der Waals surface area (Å²) >= 11 is 23.9. The second-order valence-corrected chi connectivity index (χ2v) is 6.65. The van der Waals surface area contributed by atoms with Gasteiger partial charge in [0.15, 0.2) is 5.84 Å². The first-order valence-electron chi connectivity index (χ1n) is 7.76. The maximum atomic E-state index is 12.3. The number of halogens is 4. The summed E-state index contributed by atoms with van der Waals surface area (Å²) in [5.41, 5.74) is 2.66. The highest BCUT2D eigenvalue weighted by Gasteiger charge is 2.17. The molecular weight excluding hydrogens is 452 g/mol. The molecule has 2 aromatic rings. The van der Waals surface area contributed by atoms with E-state index in [4.69, 9.17) is 56.0 Å². The second-order valence-electron chi connectivity index (χ2n) is 5.06. The van der Waals surface area contributed by atoms with Gasteiger partial charge in [-0.2, -0.15) is 5.48 Å². The normalized spacial score (nSPS) is 11.1. The van der Waals surface area contributed by atoms with Crippen LogP contribution in [-0.4, -0.2) is 35.9 Å². The SMILES string of the molecule is CCOC(=O)CN=C(NOC(=O)c1cc(Cl)nc(Cl)c1)c1c(Cl)cccc1Cl. The lowest BCUT2D eigenvalue weighted by atomic mass is 10.2. The zero-order valence-corrected chi connectivity index (χ0v) is 17.4. The fourth-order valence-electron chi connectivity index (χ4n) is 1.97. The number of esters is 1. The van der Waals surface area contributed by atoms with E-state index in [1.807, 2.05) is 0 Å². The van der Waals surface area contributed by atoms with Gasteiger partial charge in [0, 0.05) is 0 Å². The third-order valence-corrected chi connectivity index (χ3v) is 4.13. The van der Waals surface area contributed by atoms with Crippen LogP contribution in [0.1, 0.15) is 22.8 Å². The molecule has 0 bridgehead atoms. The Morgan fingerprint density at radius 1 is 1.11 bits per heavy atom. The summed E-state index contributed by atoms with van der Waals surface area (Å²) in [7, 11) is 0. The van der Waals surface area contributed by atoms with E-state index in [9.17, 15) is 9.59 Å². The molecule has 7 nitrogen and oxygen atoms in total. The number of hydrogen-bond acceptors (Lipinski definition) is 6. The molecule has 1 aromatic heterocycles. The monoisotopic (exact) mass is 463 g/mol. The first kappa shape index (κ1) is 22.2. The van der Waals surface area contributed by atoms with Gasteiger partial charge in [-0.05, 0) is 31.2 Å². The van der Waals surface area contributed by atoms with Crippen LogP contribution in [0.15, 0.2) is 35.3 Å². The highest BCUT2D eigenvalue weighted by atomic mass is 35.5. The zero-order valence-electron chi connectivity index (χ0n) is 14.3. The quantitative estimate of drug-likeness (QED) is 0.232. The predicted octanol–water partition coefficient (Wildman–Crippen LogP) is 4.37. The number of aromatic nitrogens is 1. The summed E-state index contributed by atoms with van der Waals surface area (Å²) in [6.07, 6.45) is 0. The van der Waals surface area contributed by atoms with Crippen molar-refractivity contribution in [1.29, 1.82) is 0 Å². The highest BCUT2D eigenvalue weighted by Crippen LogP contribution is 2.24. The molecule has 2 rings (SSSR count). The van der Waals surface area contributed by atoms with Gasteiger partial charge in [0.05, 0.1) is 27.8 Å². The number of rotatable bonds is 5. The first-order chi connectivity index (χ1) is 13.3. The van der Waals surface area contributed by atoms with Gasteiger partial charge in [-0.15, -0.1) is 0 Å². The Morgan fingerprint density at radius 3 is 2.29 bits per heavy atom. The molecule has 11 heteroatoms. The molecule has 1 aromatic carbocycles. The van der Waals surface area contributed by atoms with E-state index in [0.29, 0.717) is 0 Å². The van der Waals surface area contributed by atoms with Crippen molar-refractivity contribution >= 4 is 64.2 Å². The Balaban J connectivity index is 2.25. The fraction of sp³-hybridized carbons (Fsp3) is 0.176. The van der Waals surface area contributed by atoms with Crippen LogP contribution in [0.4, 0.5) is 0 Å². The van der Waals surface area contributed by atoms with Crippen molar-refractivity contribution in [2.45, 2.75) is 6.92 Å². The number of aliphatic imine (C=N–C) groups is 1. The molecule has 0 saturated heterocycles. The molecule has 0 aliphatic carbocycles. The van der Waals surface area contributed by atoms with E-state index in [-0.39, 0.29) is 50.5 Å². The van der Waals surface area contributed by atoms with Crippen LogP contribution in [0.2, 0.25) is 20.4 Å². The standard InChI is InChI=1S/C17H13Cl4N3O4/c1-2-27-14(25)8-22-16(15-10(18)4-3-5-11(15)19)24-28-17(26)9-6-12(20)23-13(21)7-9/h3-7H,2,8H2,1H3,(H,22,24). The van der Waals surface area contributed by atoms with Gasteiger partial charge in [0.1, 0.15) is 16.9 Å². The smallest absolute Gasteiger partial charge is 0.363 e. The largest absolute Gasteiger partial charge is 0.465 e. The van der Waals surface area contributed by atoms with Crippen molar-refractivity contribution in [1.82, 2.24) is 10.5 Å². The van der Waals surface area contributed by atoms with E-state index < -0.39 is 11.9 Å². The molecule has 0 amide bonds. The van der Waals surface area contributed by atoms with Gasteiger partial charge in [-0.25, -0.2) is 9.78 Å². The fourth-order valence-corrected chi connectivity index (χ4v) is 3.01. The van der Waals surface area contributed by atoms with E-state index in [1.165, 1.54) is 12.1 Å². The van der Waals surface area contributed by atoms with Crippen LogP contribution in [0.5, 0.6) is 0 Å². The molecule has 0 spiro atoms. The lowest BCUT2D eigenvalue weighted by Gasteiger charge is -2.13. The molecule has 1 heterocycles. The Hall–Kier alpha value is -2.06. The molecule has 0 radical (unpaired) electrons. The van der Waals surface area contributed by atoms with Crippen LogP contribution in [0.3, 0.4) is 0 Å². The first-order valence-corrected chi connectivity index (χ1v) is 9.27. The van der Waals surface area contributed by atoms with Gasteiger partial charge in [0.25, 0.3) is 0 Å². The number of carbonyl (C=O) groups is 2. The number of carbonyl (C=O) groups excluding carboxylic acids is 2. The average Bonchev–Trinajstić information content (AvgIpc) is 2.62. The maximum absolute atomic E-state index is 12.3. The summed E-state index contributed by atoms with van der Waals surface area (Å²) in [4.78, 5) is 36.7. The molecule has 0 atom stereocenters. The summed E-state index contributed by atoms with van der Waals surface area (Å²) < 4.78 is 4.83. The minimum atomic E-state index is -0.821. The highest BCUT2D eigenvalue weighted by molar-refractivity contribution is 6.40. The van der Waals surface area contributed by atoms with Crippen molar-refractivity contribution in [3.8, 4) is 0 Å². The van der Waals surface area contributed by atoms with Crippen LogP contribution < -0.4 is 5.48 Å². The maximum Gasteiger partial charge on any atom is 0.363 e. The molecule has 0 aliphatic heterocycles. The summed E-state index contributed by atoms with van der Waals surface area (Å²) in [6.45, 7) is 1.52. The summed E-state index contributed by atoms with van der Waals surface area (Å²) in [5.74, 6) is -1.44. The molecule has 0 fully saturated rings. The number of pyridine rings is 1. The lowest BCUT2D eigenvalue weighted by molar-refractivity contribution is -0.141. The van der Waals surface area contributed by atoms with E-state index in [2.05, 4.69) is 15.5 Å². The Morgan fingerprint density at radius 2 is 1.71 bits per heavy atom. The molecule has 28 heavy (non-hydrogen) atoms. The molecule has 1 N–H and O–H groups in total. The summed E-state index contributed by atoms with van der Waals surface area (Å²) in [5, 5.41) is 0.497. The number of benzene rings is 1. The molecule has 0 saturated carbocycles. The topological polar surface area (TPSA) is 89.9 Å². The van der Waals surface area contributed by atoms with Crippen molar-refractivity contribution in [2.24, 2.45) is 4.99 Å². The molecule has 0 aliphatic rings. The minimum Gasteiger partial charge on any atom is -0.465 e. The Bertz CT molecular complexity index is 881. The van der Waals surface area contributed by atoms with Crippen LogP contribution in [-0.2, 0) is 14.4 Å². The Labute approximate surface area is 180 Å². The van der Waals surface area contributed by atoms with Gasteiger partial charge in [-0.1, -0.05) is 52.5 Å². The van der Waals surface area contributed by atoms with Crippen molar-refractivity contribution in [3.05, 3.63) is 61.8 Å². The Kier molecular flexibility index (Phi) is 8.32.